The Morgan fingerprint density at radius 1 is 0.387 bits per heavy atom. The molecule has 7 aromatic carbocycles. The molecular formula is C60H57NS. The average Bonchev–Trinajstić information content (AvgIpc) is 3.30. The number of rotatable bonds is 6. The molecule has 4 saturated carbocycles. The Hall–Kier alpha value is -5.31. The van der Waals surface area contributed by atoms with Crippen molar-refractivity contribution >= 4 is 28.8 Å². The number of nitrogens with zero attached hydrogens (tertiary/aromatic N) is 1. The highest BCUT2D eigenvalue weighted by Crippen LogP contribution is 2.69. The fraction of sp³-hybridized carbons (Fsp3) is 0.300. The van der Waals surface area contributed by atoms with Gasteiger partial charge in [-0.1, -0.05) is 143 Å². The fourth-order valence-corrected chi connectivity index (χ4v) is 14.6. The molecule has 1 nitrogen and oxygen atoms in total. The van der Waals surface area contributed by atoms with Crippen molar-refractivity contribution in [3.63, 3.8) is 0 Å². The van der Waals surface area contributed by atoms with E-state index in [4.69, 9.17) is 0 Å². The zero-order valence-corrected chi connectivity index (χ0v) is 37.5. The summed E-state index contributed by atoms with van der Waals surface area (Å²) in [5.74, 6) is 3.34. The molecule has 0 amide bonds. The summed E-state index contributed by atoms with van der Waals surface area (Å²) in [5, 5.41) is 0. The van der Waals surface area contributed by atoms with Gasteiger partial charge in [0.25, 0.3) is 0 Å². The number of benzene rings is 7. The summed E-state index contributed by atoms with van der Waals surface area (Å²) >= 11 is 2.01. The molecule has 0 saturated heterocycles. The van der Waals surface area contributed by atoms with Gasteiger partial charge in [-0.15, -0.1) is 0 Å². The first-order valence-electron chi connectivity index (χ1n) is 23.4. The van der Waals surface area contributed by atoms with E-state index in [1.54, 1.807) is 11.1 Å². The van der Waals surface area contributed by atoms with Crippen LogP contribution in [0, 0.1) is 23.7 Å². The maximum Gasteiger partial charge on any atom is 0.0473 e. The number of anilines is 3. The van der Waals surface area contributed by atoms with Crippen molar-refractivity contribution in [1.29, 1.82) is 0 Å². The molecule has 0 unspecified atom stereocenters. The lowest BCUT2D eigenvalue weighted by molar-refractivity contribution is -0.0443. The van der Waals surface area contributed by atoms with E-state index < -0.39 is 0 Å². The van der Waals surface area contributed by atoms with Gasteiger partial charge in [-0.2, -0.15) is 0 Å². The number of hydrogen-bond donors (Lipinski definition) is 0. The van der Waals surface area contributed by atoms with Crippen molar-refractivity contribution in [1.82, 2.24) is 0 Å². The zero-order valence-electron chi connectivity index (χ0n) is 36.7. The van der Waals surface area contributed by atoms with Crippen LogP contribution in [-0.4, -0.2) is 0 Å². The molecule has 7 aromatic rings. The predicted molar refractivity (Wildman–Crippen MR) is 261 cm³/mol. The summed E-state index contributed by atoms with van der Waals surface area (Å²) < 4.78 is 0. The van der Waals surface area contributed by atoms with Crippen LogP contribution in [0.1, 0.15) is 94.9 Å². The van der Waals surface area contributed by atoms with Crippen LogP contribution >= 0.6 is 11.8 Å². The van der Waals surface area contributed by atoms with Crippen molar-refractivity contribution in [3.05, 3.63) is 186 Å². The number of hydrogen-bond acceptors (Lipinski definition) is 2. The summed E-state index contributed by atoms with van der Waals surface area (Å²) in [6, 6.07) is 62.8. The summed E-state index contributed by atoms with van der Waals surface area (Å²) in [6.07, 6.45) is 9.45. The van der Waals surface area contributed by atoms with E-state index in [1.165, 1.54) is 116 Å². The third kappa shape index (κ3) is 6.11. The molecule has 308 valence electrons. The van der Waals surface area contributed by atoms with Crippen LogP contribution in [0.15, 0.2) is 174 Å². The fourth-order valence-electron chi connectivity index (χ4n) is 13.4. The smallest absolute Gasteiger partial charge is 0.0473 e. The summed E-state index contributed by atoms with van der Waals surface area (Å²) in [7, 11) is 0. The normalized spacial score (nSPS) is 24.6. The summed E-state index contributed by atoms with van der Waals surface area (Å²) in [4.78, 5) is 5.49. The third-order valence-corrected chi connectivity index (χ3v) is 17.5. The van der Waals surface area contributed by atoms with Crippen LogP contribution in [0.4, 0.5) is 17.1 Å². The van der Waals surface area contributed by atoms with Crippen LogP contribution < -0.4 is 4.90 Å². The molecule has 0 aromatic heterocycles. The Morgan fingerprint density at radius 3 is 1.56 bits per heavy atom. The topological polar surface area (TPSA) is 3.24 Å². The Kier molecular flexibility index (Phi) is 8.89. The first-order chi connectivity index (χ1) is 30.1. The van der Waals surface area contributed by atoms with Crippen LogP contribution in [-0.2, 0) is 16.2 Å². The Bertz CT molecular complexity index is 2750. The Morgan fingerprint density at radius 2 is 0.919 bits per heavy atom. The second kappa shape index (κ2) is 14.4. The lowest BCUT2D eigenvalue weighted by Gasteiger charge is -2.63. The van der Waals surface area contributed by atoms with E-state index >= 15 is 0 Å². The molecule has 4 bridgehead atoms. The standard InChI is InChI=1S/C60H57NS/c1-58(2)27-28-59(3,4)54-38-50(24-25-52(54)58)61(51-35-45(41-13-7-5-8-14-41)34-46(36-51)42-15-9-6-10-16-42)49-22-19-43(20-23-49)44-21-26-57-55(37-44)60(53-17-11-12-18-56(53)62-57)47-30-39-29-40(32-47)33-48(60)31-39/h5-26,34-40,47-48H,27-33H2,1-4H3. The minimum Gasteiger partial charge on any atom is -0.310 e. The first-order valence-corrected chi connectivity index (χ1v) is 24.2. The molecule has 6 aliphatic rings. The highest BCUT2D eigenvalue weighted by molar-refractivity contribution is 7.99. The van der Waals surface area contributed by atoms with E-state index in [1.807, 2.05) is 11.8 Å². The Balaban J connectivity index is 0.999. The maximum absolute atomic E-state index is 2.64. The van der Waals surface area contributed by atoms with Gasteiger partial charge < -0.3 is 4.90 Å². The second-order valence-corrected chi connectivity index (χ2v) is 21.9. The quantitative estimate of drug-likeness (QED) is 0.164. The molecule has 13 rings (SSSR count). The van der Waals surface area contributed by atoms with Gasteiger partial charge in [-0.25, -0.2) is 0 Å². The Labute approximate surface area is 373 Å². The SMILES string of the molecule is CC1(C)CCC(C)(C)c2cc(N(c3ccc(-c4ccc5c(c4)C4(c6ccccc6S5)C5CC6CC(C5)CC4C6)cc3)c3cc(-c4ccccc4)cc(-c4ccccc4)c3)ccc21. The highest BCUT2D eigenvalue weighted by Gasteiger charge is 2.60. The van der Waals surface area contributed by atoms with Gasteiger partial charge in [0.1, 0.15) is 0 Å². The molecule has 2 heteroatoms. The molecular weight excluding hydrogens is 767 g/mol. The molecule has 0 atom stereocenters. The van der Waals surface area contributed by atoms with Gasteiger partial charge in [0.15, 0.2) is 0 Å². The lowest BCUT2D eigenvalue weighted by Crippen LogP contribution is -2.57. The van der Waals surface area contributed by atoms with Crippen molar-refractivity contribution in [3.8, 4) is 33.4 Å². The van der Waals surface area contributed by atoms with E-state index in [9.17, 15) is 0 Å². The van der Waals surface area contributed by atoms with Crippen LogP contribution in [0.5, 0.6) is 0 Å². The van der Waals surface area contributed by atoms with E-state index in [2.05, 4.69) is 196 Å². The van der Waals surface area contributed by atoms with Gasteiger partial charge in [0, 0.05) is 32.3 Å². The minimum atomic E-state index is 0.0946. The first kappa shape index (κ1) is 38.4. The maximum atomic E-state index is 2.64. The van der Waals surface area contributed by atoms with Crippen LogP contribution in [0.3, 0.4) is 0 Å². The third-order valence-electron chi connectivity index (χ3n) is 16.3. The number of fused-ring (bicyclic) bond motifs is 3. The van der Waals surface area contributed by atoms with Gasteiger partial charge >= 0.3 is 0 Å². The van der Waals surface area contributed by atoms with Crippen LogP contribution in [0.2, 0.25) is 0 Å². The zero-order chi connectivity index (χ0) is 41.8. The molecule has 0 N–H and O–H groups in total. The van der Waals surface area contributed by atoms with Crippen molar-refractivity contribution < 1.29 is 0 Å². The summed E-state index contributed by atoms with van der Waals surface area (Å²) in [5.41, 5.74) is 17.6. The molecule has 1 aliphatic heterocycles. The van der Waals surface area contributed by atoms with Crippen molar-refractivity contribution in [2.75, 3.05) is 4.90 Å². The van der Waals surface area contributed by atoms with Gasteiger partial charge in [0.05, 0.1) is 0 Å². The van der Waals surface area contributed by atoms with Crippen molar-refractivity contribution in [2.45, 2.75) is 98.7 Å². The van der Waals surface area contributed by atoms with Gasteiger partial charge in [0.2, 0.25) is 0 Å². The van der Waals surface area contributed by atoms with Crippen molar-refractivity contribution in [2.24, 2.45) is 23.7 Å². The second-order valence-electron chi connectivity index (χ2n) is 20.9. The lowest BCUT2D eigenvalue weighted by atomic mass is 9.42. The van der Waals surface area contributed by atoms with Crippen LogP contribution in [0.25, 0.3) is 33.4 Å². The molecule has 62 heavy (non-hydrogen) atoms. The predicted octanol–water partition coefficient (Wildman–Crippen LogP) is 16.7. The van der Waals surface area contributed by atoms with Gasteiger partial charge in [-0.3, -0.25) is 0 Å². The molecule has 1 spiro atoms. The van der Waals surface area contributed by atoms with Gasteiger partial charge in [-0.05, 0) is 196 Å². The highest BCUT2D eigenvalue weighted by atomic mass is 32.2. The molecule has 5 aliphatic carbocycles. The average molecular weight is 824 g/mol. The van der Waals surface area contributed by atoms with E-state index in [-0.39, 0.29) is 16.2 Å². The molecule has 1 heterocycles. The largest absolute Gasteiger partial charge is 0.310 e. The summed E-state index contributed by atoms with van der Waals surface area (Å²) in [6.45, 7) is 9.73. The monoisotopic (exact) mass is 823 g/mol. The van der Waals surface area contributed by atoms with E-state index in [0.29, 0.717) is 0 Å². The molecule has 0 radical (unpaired) electrons. The van der Waals surface area contributed by atoms with E-state index in [0.717, 1.165) is 23.7 Å². The molecule has 4 fully saturated rings. The minimum absolute atomic E-state index is 0.0946.